The molecular formula is C13H16N2O3. The smallest absolute Gasteiger partial charge is 0.315 e. The van der Waals surface area contributed by atoms with Gasteiger partial charge in [0.1, 0.15) is 0 Å². The standard InChI is InChI=1S/C13H16N2O3/c1-3-6-14-13(16)15-9(2)10-4-5-11-12(7-10)18-8-17-11/h3-5,7,9H,1,6,8H2,2H3,(H2,14,15,16)/t9-/m1/s1. The number of fused-ring (bicyclic) bond motifs is 1. The molecule has 18 heavy (non-hydrogen) atoms. The zero-order valence-corrected chi connectivity index (χ0v) is 10.2. The number of rotatable bonds is 4. The Morgan fingerprint density at radius 1 is 1.50 bits per heavy atom. The highest BCUT2D eigenvalue weighted by atomic mass is 16.7. The summed E-state index contributed by atoms with van der Waals surface area (Å²) in [7, 11) is 0. The van der Waals surface area contributed by atoms with Crippen LogP contribution >= 0.6 is 0 Å². The lowest BCUT2D eigenvalue weighted by molar-refractivity contribution is 0.174. The molecule has 0 spiro atoms. The molecule has 0 aliphatic carbocycles. The van der Waals surface area contributed by atoms with Crippen LogP contribution in [0.4, 0.5) is 4.79 Å². The van der Waals surface area contributed by atoms with Gasteiger partial charge < -0.3 is 20.1 Å². The number of amides is 2. The Morgan fingerprint density at radius 3 is 3.06 bits per heavy atom. The van der Waals surface area contributed by atoms with Crippen molar-refractivity contribution in [2.45, 2.75) is 13.0 Å². The molecule has 1 aromatic rings. The van der Waals surface area contributed by atoms with Crippen LogP contribution in [0.3, 0.4) is 0 Å². The van der Waals surface area contributed by atoms with Crippen molar-refractivity contribution in [2.75, 3.05) is 13.3 Å². The second-order valence-electron chi connectivity index (χ2n) is 3.98. The minimum Gasteiger partial charge on any atom is -0.454 e. The van der Waals surface area contributed by atoms with Crippen LogP contribution in [-0.4, -0.2) is 19.4 Å². The highest BCUT2D eigenvalue weighted by Gasteiger charge is 2.16. The maximum atomic E-state index is 11.5. The van der Waals surface area contributed by atoms with Gasteiger partial charge in [0, 0.05) is 6.54 Å². The van der Waals surface area contributed by atoms with E-state index in [0.717, 1.165) is 11.3 Å². The fraction of sp³-hybridized carbons (Fsp3) is 0.308. The number of carbonyl (C=O) groups excluding carboxylic acids is 1. The summed E-state index contributed by atoms with van der Waals surface area (Å²) in [4.78, 5) is 11.5. The van der Waals surface area contributed by atoms with Crippen LogP contribution in [0.5, 0.6) is 11.5 Å². The fourth-order valence-corrected chi connectivity index (χ4v) is 1.68. The topological polar surface area (TPSA) is 59.6 Å². The summed E-state index contributed by atoms with van der Waals surface area (Å²) in [6.45, 7) is 6.14. The summed E-state index contributed by atoms with van der Waals surface area (Å²) in [5.41, 5.74) is 0.966. The summed E-state index contributed by atoms with van der Waals surface area (Å²) in [5.74, 6) is 1.45. The highest BCUT2D eigenvalue weighted by Crippen LogP contribution is 2.33. The Kier molecular flexibility index (Phi) is 3.72. The summed E-state index contributed by atoms with van der Waals surface area (Å²) < 4.78 is 10.5. The lowest BCUT2D eigenvalue weighted by Crippen LogP contribution is -2.37. The molecule has 1 aromatic carbocycles. The molecule has 0 saturated carbocycles. The second kappa shape index (κ2) is 5.44. The van der Waals surface area contributed by atoms with E-state index in [2.05, 4.69) is 17.2 Å². The third kappa shape index (κ3) is 2.74. The maximum absolute atomic E-state index is 11.5. The van der Waals surface area contributed by atoms with E-state index in [1.807, 2.05) is 25.1 Å². The minimum atomic E-state index is -0.222. The first-order chi connectivity index (χ1) is 8.70. The zero-order chi connectivity index (χ0) is 13.0. The second-order valence-corrected chi connectivity index (χ2v) is 3.98. The molecule has 5 nitrogen and oxygen atoms in total. The van der Waals surface area contributed by atoms with Crippen molar-refractivity contribution in [1.82, 2.24) is 10.6 Å². The number of ether oxygens (including phenoxy) is 2. The molecule has 0 saturated heterocycles. The summed E-state index contributed by atoms with van der Waals surface area (Å²) in [6, 6.07) is 5.30. The zero-order valence-electron chi connectivity index (χ0n) is 10.2. The predicted molar refractivity (Wildman–Crippen MR) is 67.7 cm³/mol. The quantitative estimate of drug-likeness (QED) is 0.801. The van der Waals surface area contributed by atoms with Crippen molar-refractivity contribution in [3.63, 3.8) is 0 Å². The van der Waals surface area contributed by atoms with Crippen molar-refractivity contribution < 1.29 is 14.3 Å². The van der Waals surface area contributed by atoms with Crippen LogP contribution in [0.2, 0.25) is 0 Å². The van der Waals surface area contributed by atoms with Gasteiger partial charge in [-0.2, -0.15) is 0 Å². The molecular weight excluding hydrogens is 232 g/mol. The van der Waals surface area contributed by atoms with E-state index in [4.69, 9.17) is 9.47 Å². The third-order valence-corrected chi connectivity index (χ3v) is 2.65. The molecule has 1 atom stereocenters. The summed E-state index contributed by atoms with van der Waals surface area (Å²) in [5, 5.41) is 5.49. The first-order valence-corrected chi connectivity index (χ1v) is 5.75. The SMILES string of the molecule is C=CCNC(=O)N[C@H](C)c1ccc2c(c1)OCO2. The van der Waals surface area contributed by atoms with Crippen LogP contribution in [0.1, 0.15) is 18.5 Å². The van der Waals surface area contributed by atoms with Crippen molar-refractivity contribution >= 4 is 6.03 Å². The van der Waals surface area contributed by atoms with Gasteiger partial charge in [-0.3, -0.25) is 0 Å². The van der Waals surface area contributed by atoms with E-state index in [-0.39, 0.29) is 18.9 Å². The van der Waals surface area contributed by atoms with E-state index in [1.165, 1.54) is 0 Å². The van der Waals surface area contributed by atoms with E-state index in [1.54, 1.807) is 6.08 Å². The van der Waals surface area contributed by atoms with Gasteiger partial charge in [-0.25, -0.2) is 4.79 Å². The number of urea groups is 1. The largest absolute Gasteiger partial charge is 0.454 e. The van der Waals surface area contributed by atoms with Gasteiger partial charge in [0.25, 0.3) is 0 Å². The van der Waals surface area contributed by atoms with Crippen molar-refractivity contribution in [3.05, 3.63) is 36.4 Å². The van der Waals surface area contributed by atoms with Gasteiger partial charge in [0.15, 0.2) is 11.5 Å². The Bertz CT molecular complexity index is 460. The first-order valence-electron chi connectivity index (χ1n) is 5.75. The molecule has 0 radical (unpaired) electrons. The maximum Gasteiger partial charge on any atom is 0.315 e. The van der Waals surface area contributed by atoms with E-state index >= 15 is 0 Å². The minimum absolute atomic E-state index is 0.107. The molecule has 1 aliphatic heterocycles. The molecule has 1 heterocycles. The molecule has 2 rings (SSSR count). The lowest BCUT2D eigenvalue weighted by atomic mass is 10.1. The highest BCUT2D eigenvalue weighted by molar-refractivity contribution is 5.74. The Morgan fingerprint density at radius 2 is 2.28 bits per heavy atom. The van der Waals surface area contributed by atoms with Crippen LogP contribution in [-0.2, 0) is 0 Å². The average molecular weight is 248 g/mol. The molecule has 0 bridgehead atoms. The number of benzene rings is 1. The van der Waals surface area contributed by atoms with Crippen molar-refractivity contribution in [1.29, 1.82) is 0 Å². The Labute approximate surface area is 106 Å². The van der Waals surface area contributed by atoms with Gasteiger partial charge >= 0.3 is 6.03 Å². The van der Waals surface area contributed by atoms with Gasteiger partial charge in [-0.1, -0.05) is 12.1 Å². The van der Waals surface area contributed by atoms with Crippen LogP contribution in [0.25, 0.3) is 0 Å². The van der Waals surface area contributed by atoms with Crippen molar-refractivity contribution in [3.8, 4) is 11.5 Å². The molecule has 96 valence electrons. The van der Waals surface area contributed by atoms with E-state index in [0.29, 0.717) is 12.3 Å². The molecule has 5 heteroatoms. The molecule has 2 amide bonds. The van der Waals surface area contributed by atoms with Gasteiger partial charge in [-0.05, 0) is 24.6 Å². The van der Waals surface area contributed by atoms with Crippen molar-refractivity contribution in [2.24, 2.45) is 0 Å². The molecule has 2 N–H and O–H groups in total. The van der Waals surface area contributed by atoms with Crippen LogP contribution in [0.15, 0.2) is 30.9 Å². The monoisotopic (exact) mass is 248 g/mol. The predicted octanol–water partition coefficient (Wildman–Crippen LogP) is 1.96. The summed E-state index contributed by atoms with van der Waals surface area (Å²) in [6.07, 6.45) is 1.63. The fourth-order valence-electron chi connectivity index (χ4n) is 1.68. The molecule has 0 aromatic heterocycles. The summed E-state index contributed by atoms with van der Waals surface area (Å²) >= 11 is 0. The lowest BCUT2D eigenvalue weighted by Gasteiger charge is -2.15. The molecule has 0 unspecified atom stereocenters. The Hall–Kier alpha value is -2.17. The van der Waals surface area contributed by atoms with E-state index in [9.17, 15) is 4.79 Å². The van der Waals surface area contributed by atoms with Crippen LogP contribution < -0.4 is 20.1 Å². The number of nitrogens with one attached hydrogen (secondary N) is 2. The van der Waals surface area contributed by atoms with E-state index < -0.39 is 0 Å². The van der Waals surface area contributed by atoms with Gasteiger partial charge in [-0.15, -0.1) is 6.58 Å². The first kappa shape index (κ1) is 12.3. The van der Waals surface area contributed by atoms with Gasteiger partial charge in [0.2, 0.25) is 6.79 Å². The number of carbonyl (C=O) groups is 1. The molecule has 1 aliphatic rings. The van der Waals surface area contributed by atoms with Gasteiger partial charge in [0.05, 0.1) is 6.04 Å². The molecule has 0 fully saturated rings. The third-order valence-electron chi connectivity index (χ3n) is 2.65. The number of hydrogen-bond donors (Lipinski definition) is 2. The Balaban J connectivity index is 1.98. The average Bonchev–Trinajstić information content (AvgIpc) is 2.83. The van der Waals surface area contributed by atoms with Crippen LogP contribution in [0, 0.1) is 0 Å². The number of hydrogen-bond acceptors (Lipinski definition) is 3. The normalized spacial score (nSPS) is 13.8.